The average molecular weight is 491 g/mol. The number of benzene rings is 4. The van der Waals surface area contributed by atoms with Crippen molar-refractivity contribution in [2.75, 3.05) is 13.2 Å². The zero-order chi connectivity index (χ0) is 25.7. The molecule has 0 amide bonds. The van der Waals surface area contributed by atoms with Gasteiger partial charge in [0.05, 0.1) is 19.8 Å². The van der Waals surface area contributed by atoms with Gasteiger partial charge in [-0.25, -0.2) is 0 Å². The zero-order valence-corrected chi connectivity index (χ0v) is 21.6. The van der Waals surface area contributed by atoms with Crippen molar-refractivity contribution in [3.05, 3.63) is 138 Å². The van der Waals surface area contributed by atoms with E-state index in [-0.39, 0.29) is 0 Å². The second kappa shape index (κ2) is 13.7. The molecule has 0 radical (unpaired) electrons. The predicted molar refractivity (Wildman–Crippen MR) is 153 cm³/mol. The molecule has 4 rings (SSSR count). The summed E-state index contributed by atoms with van der Waals surface area (Å²) in [6, 6.07) is 37.1. The van der Waals surface area contributed by atoms with E-state index in [1.807, 2.05) is 62.4 Å². The first-order valence-electron chi connectivity index (χ1n) is 12.8. The molecule has 4 aromatic rings. The van der Waals surface area contributed by atoms with Crippen LogP contribution in [0.4, 0.5) is 0 Å². The maximum atomic E-state index is 5.67. The number of amidine groups is 1. The standard InChI is InChI=1S/C33H34N2O2/c1-3-36-30-19-15-28(16-20-30)32(29-17-21-31(22-18-29)37-4-2)23-33(34-24-26-11-7-5-8-12-26)35-25-27-13-9-6-10-14-27/h5-23H,3-4,24-25H2,1-2H3,(H,34,35). The average Bonchev–Trinajstić information content (AvgIpc) is 2.95. The predicted octanol–water partition coefficient (Wildman–Crippen LogP) is 7.30. The minimum Gasteiger partial charge on any atom is -0.494 e. The molecule has 0 fully saturated rings. The van der Waals surface area contributed by atoms with Gasteiger partial charge in [0.15, 0.2) is 0 Å². The molecule has 0 unspecified atom stereocenters. The van der Waals surface area contributed by atoms with E-state index < -0.39 is 0 Å². The first-order chi connectivity index (χ1) is 18.2. The van der Waals surface area contributed by atoms with Gasteiger partial charge in [-0.3, -0.25) is 4.99 Å². The quantitative estimate of drug-likeness (QED) is 0.177. The molecule has 0 aromatic heterocycles. The van der Waals surface area contributed by atoms with Crippen LogP contribution in [0.15, 0.2) is 120 Å². The van der Waals surface area contributed by atoms with Gasteiger partial charge in [0.2, 0.25) is 0 Å². The normalized spacial score (nSPS) is 11.0. The van der Waals surface area contributed by atoms with Gasteiger partial charge >= 0.3 is 0 Å². The van der Waals surface area contributed by atoms with Crippen molar-refractivity contribution >= 4 is 11.4 Å². The molecule has 0 aliphatic rings. The van der Waals surface area contributed by atoms with Crippen molar-refractivity contribution in [3.8, 4) is 11.5 Å². The second-order valence-corrected chi connectivity index (χ2v) is 8.50. The van der Waals surface area contributed by atoms with E-state index >= 15 is 0 Å². The van der Waals surface area contributed by atoms with Crippen LogP contribution < -0.4 is 14.8 Å². The Balaban J connectivity index is 1.71. The van der Waals surface area contributed by atoms with Crippen molar-refractivity contribution in [2.45, 2.75) is 26.9 Å². The van der Waals surface area contributed by atoms with Gasteiger partial charge in [-0.2, -0.15) is 0 Å². The molecule has 0 aliphatic carbocycles. The lowest BCUT2D eigenvalue weighted by Gasteiger charge is -2.14. The summed E-state index contributed by atoms with van der Waals surface area (Å²) in [4.78, 5) is 4.97. The van der Waals surface area contributed by atoms with Crippen LogP contribution in [0.5, 0.6) is 11.5 Å². The molecule has 37 heavy (non-hydrogen) atoms. The SMILES string of the molecule is CCOc1ccc(C(=CC(=NCc2ccccc2)NCc2ccccc2)c2ccc(OCC)cc2)cc1. The highest BCUT2D eigenvalue weighted by atomic mass is 16.5. The molecule has 4 nitrogen and oxygen atoms in total. The summed E-state index contributed by atoms with van der Waals surface area (Å²) in [5.41, 5.74) is 5.60. The Labute approximate surface area is 220 Å². The molecule has 1 N–H and O–H groups in total. The van der Waals surface area contributed by atoms with Crippen molar-refractivity contribution < 1.29 is 9.47 Å². The van der Waals surface area contributed by atoms with Crippen molar-refractivity contribution in [2.24, 2.45) is 4.99 Å². The van der Waals surface area contributed by atoms with Crippen LogP contribution in [0.2, 0.25) is 0 Å². The smallest absolute Gasteiger partial charge is 0.122 e. The van der Waals surface area contributed by atoms with E-state index in [0.29, 0.717) is 26.3 Å². The van der Waals surface area contributed by atoms with Gasteiger partial charge in [-0.15, -0.1) is 0 Å². The summed E-state index contributed by atoms with van der Waals surface area (Å²) in [5.74, 6) is 2.54. The molecule has 4 aromatic carbocycles. The number of rotatable bonds is 11. The van der Waals surface area contributed by atoms with E-state index in [2.05, 4.69) is 72.1 Å². The molecule has 0 spiro atoms. The van der Waals surface area contributed by atoms with E-state index in [9.17, 15) is 0 Å². The maximum Gasteiger partial charge on any atom is 0.122 e. The minimum atomic E-state index is 0.592. The molecule has 0 bridgehead atoms. The third-order valence-electron chi connectivity index (χ3n) is 5.82. The fourth-order valence-corrected chi connectivity index (χ4v) is 3.97. The number of hydrogen-bond donors (Lipinski definition) is 1. The Morgan fingerprint density at radius 1 is 0.649 bits per heavy atom. The Kier molecular flexibility index (Phi) is 9.54. The van der Waals surface area contributed by atoms with Crippen molar-refractivity contribution in [1.82, 2.24) is 5.32 Å². The van der Waals surface area contributed by atoms with Gasteiger partial charge in [0, 0.05) is 6.54 Å². The number of hydrogen-bond acceptors (Lipinski definition) is 3. The van der Waals surface area contributed by atoms with Gasteiger partial charge in [-0.1, -0.05) is 84.9 Å². The molecular formula is C33H34N2O2. The van der Waals surface area contributed by atoms with Gasteiger partial charge < -0.3 is 14.8 Å². The van der Waals surface area contributed by atoms with Crippen molar-refractivity contribution in [1.29, 1.82) is 0 Å². The first kappa shape index (κ1) is 25.8. The van der Waals surface area contributed by atoms with E-state index in [1.165, 1.54) is 11.1 Å². The van der Waals surface area contributed by atoms with E-state index in [4.69, 9.17) is 14.5 Å². The highest BCUT2D eigenvalue weighted by Gasteiger charge is 2.09. The van der Waals surface area contributed by atoms with Crippen LogP contribution in [0.1, 0.15) is 36.1 Å². The van der Waals surface area contributed by atoms with Gasteiger partial charge in [0.1, 0.15) is 17.3 Å². The molecule has 0 heterocycles. The summed E-state index contributed by atoms with van der Waals surface area (Å²) in [6.07, 6.45) is 2.14. The molecule has 0 saturated heterocycles. The molecule has 188 valence electrons. The molecule has 0 saturated carbocycles. The Morgan fingerprint density at radius 2 is 1.14 bits per heavy atom. The van der Waals surface area contributed by atoms with Gasteiger partial charge in [0.25, 0.3) is 0 Å². The lowest BCUT2D eigenvalue weighted by molar-refractivity contribution is 0.340. The van der Waals surface area contributed by atoms with Crippen LogP contribution in [0, 0.1) is 0 Å². The van der Waals surface area contributed by atoms with E-state index in [1.54, 1.807) is 0 Å². The van der Waals surface area contributed by atoms with Crippen LogP contribution in [0.3, 0.4) is 0 Å². The molecule has 4 heteroatoms. The van der Waals surface area contributed by atoms with Crippen LogP contribution in [0.25, 0.3) is 5.57 Å². The zero-order valence-electron chi connectivity index (χ0n) is 21.6. The topological polar surface area (TPSA) is 42.8 Å². The number of nitrogens with zero attached hydrogens (tertiary/aromatic N) is 1. The summed E-state index contributed by atoms with van der Waals surface area (Å²) in [5, 5.41) is 3.56. The monoisotopic (exact) mass is 490 g/mol. The number of ether oxygens (including phenoxy) is 2. The van der Waals surface area contributed by atoms with Crippen molar-refractivity contribution in [3.63, 3.8) is 0 Å². The third kappa shape index (κ3) is 7.84. The fraction of sp³-hybridized carbons (Fsp3) is 0.182. The maximum absolute atomic E-state index is 5.67. The Bertz CT molecular complexity index is 1230. The number of aliphatic imine (C=N–C) groups is 1. The summed E-state index contributed by atoms with van der Waals surface area (Å²) in [7, 11) is 0. The molecule has 0 atom stereocenters. The van der Waals surface area contributed by atoms with Crippen LogP contribution >= 0.6 is 0 Å². The Hall–Kier alpha value is -4.31. The van der Waals surface area contributed by atoms with Crippen LogP contribution in [-0.4, -0.2) is 19.0 Å². The second-order valence-electron chi connectivity index (χ2n) is 8.50. The van der Waals surface area contributed by atoms with E-state index in [0.717, 1.165) is 34.0 Å². The third-order valence-corrected chi connectivity index (χ3v) is 5.82. The molecular weight excluding hydrogens is 456 g/mol. The highest BCUT2D eigenvalue weighted by molar-refractivity contribution is 6.02. The Morgan fingerprint density at radius 3 is 1.62 bits per heavy atom. The first-order valence-corrected chi connectivity index (χ1v) is 12.8. The summed E-state index contributed by atoms with van der Waals surface area (Å²) in [6.45, 7) is 6.54. The lowest BCUT2D eigenvalue weighted by atomic mass is 9.97. The minimum absolute atomic E-state index is 0.592. The highest BCUT2D eigenvalue weighted by Crippen LogP contribution is 2.27. The van der Waals surface area contributed by atoms with Gasteiger partial charge in [-0.05, 0) is 72.0 Å². The molecule has 0 aliphatic heterocycles. The fourth-order valence-electron chi connectivity index (χ4n) is 3.97. The summed E-state index contributed by atoms with van der Waals surface area (Å²) < 4.78 is 11.3. The number of nitrogens with one attached hydrogen (secondary N) is 1. The largest absolute Gasteiger partial charge is 0.494 e. The lowest BCUT2D eigenvalue weighted by Crippen LogP contribution is -2.21. The van der Waals surface area contributed by atoms with Crippen LogP contribution in [-0.2, 0) is 13.1 Å². The summed E-state index contributed by atoms with van der Waals surface area (Å²) >= 11 is 0.